The van der Waals surface area contributed by atoms with Crippen LogP contribution in [0, 0.1) is 5.82 Å². The fraction of sp³-hybridized carbons (Fsp3) is 0.304. The number of halogens is 1. The van der Waals surface area contributed by atoms with Gasteiger partial charge in [-0.1, -0.05) is 0 Å². The Labute approximate surface area is 183 Å². The van der Waals surface area contributed by atoms with Crippen molar-refractivity contribution in [3.8, 4) is 5.75 Å². The van der Waals surface area contributed by atoms with Crippen LogP contribution in [0.25, 0.3) is 10.9 Å². The second-order valence-electron chi connectivity index (χ2n) is 8.24. The van der Waals surface area contributed by atoms with E-state index in [0.717, 1.165) is 11.8 Å². The summed E-state index contributed by atoms with van der Waals surface area (Å²) in [6.07, 6.45) is 1.34. The van der Waals surface area contributed by atoms with Crippen LogP contribution in [-0.4, -0.2) is 48.4 Å². The molecule has 0 unspecified atom stereocenters. The van der Waals surface area contributed by atoms with Crippen LogP contribution in [0.3, 0.4) is 0 Å². The Hall–Kier alpha value is -3.75. The largest absolute Gasteiger partial charge is 0.487 e. The van der Waals surface area contributed by atoms with Crippen LogP contribution in [-0.2, 0) is 0 Å². The third-order valence-electron chi connectivity index (χ3n) is 6.23. The highest BCUT2D eigenvalue weighted by Crippen LogP contribution is 2.42. The predicted octanol–water partition coefficient (Wildman–Crippen LogP) is 2.70. The smallest absolute Gasteiger partial charge is 0.341 e. The Kier molecular flexibility index (Phi) is 4.69. The van der Waals surface area contributed by atoms with E-state index in [9.17, 15) is 14.7 Å². The van der Waals surface area contributed by atoms with E-state index in [2.05, 4.69) is 4.90 Å². The highest BCUT2D eigenvalue weighted by atomic mass is 19.1. The van der Waals surface area contributed by atoms with Crippen molar-refractivity contribution in [3.63, 3.8) is 0 Å². The van der Waals surface area contributed by atoms with E-state index in [-0.39, 0.29) is 23.6 Å². The van der Waals surface area contributed by atoms with Crippen molar-refractivity contribution in [2.45, 2.75) is 13.0 Å². The van der Waals surface area contributed by atoms with Crippen molar-refractivity contribution >= 4 is 33.9 Å². The Morgan fingerprint density at radius 2 is 1.81 bits per heavy atom. The van der Waals surface area contributed by atoms with Crippen LogP contribution >= 0.6 is 0 Å². The van der Waals surface area contributed by atoms with Crippen LogP contribution < -0.4 is 25.7 Å². The molecule has 32 heavy (non-hydrogen) atoms. The minimum absolute atomic E-state index is 0.0215. The molecule has 1 atom stereocenters. The van der Waals surface area contributed by atoms with E-state index in [1.54, 1.807) is 4.57 Å². The molecule has 9 heteroatoms. The SMILES string of the molecule is C[C@H]1COc2c(N3CCN(c4ccc(N)cc4)CC3)c(F)cc3c(=O)c(C(=O)O)cn1c23. The molecule has 0 aliphatic carbocycles. The molecular formula is C23H23FN4O4. The van der Waals surface area contributed by atoms with Crippen molar-refractivity contribution in [3.05, 3.63) is 58.1 Å². The van der Waals surface area contributed by atoms with Crippen molar-refractivity contribution in [2.75, 3.05) is 48.3 Å². The maximum Gasteiger partial charge on any atom is 0.341 e. The molecule has 3 heterocycles. The van der Waals surface area contributed by atoms with Crippen molar-refractivity contribution in [1.29, 1.82) is 0 Å². The number of nitrogens with two attached hydrogens (primary N) is 1. The second kappa shape index (κ2) is 7.44. The Balaban J connectivity index is 1.55. The van der Waals surface area contributed by atoms with Crippen molar-refractivity contribution < 1.29 is 19.0 Å². The van der Waals surface area contributed by atoms with E-state index >= 15 is 4.39 Å². The van der Waals surface area contributed by atoms with Gasteiger partial charge in [-0.05, 0) is 37.3 Å². The number of rotatable bonds is 3. The maximum absolute atomic E-state index is 15.3. The zero-order valence-electron chi connectivity index (χ0n) is 17.5. The van der Waals surface area contributed by atoms with Crippen LogP contribution in [0.1, 0.15) is 23.3 Å². The number of pyridine rings is 1. The zero-order chi connectivity index (χ0) is 22.6. The van der Waals surface area contributed by atoms with Crippen LogP contribution in [0.15, 0.2) is 41.3 Å². The average Bonchev–Trinajstić information content (AvgIpc) is 2.78. The number of hydrogen-bond acceptors (Lipinski definition) is 6. The van der Waals surface area contributed by atoms with Crippen LogP contribution in [0.5, 0.6) is 5.75 Å². The summed E-state index contributed by atoms with van der Waals surface area (Å²) in [5, 5.41) is 9.44. The quantitative estimate of drug-likeness (QED) is 0.607. The van der Waals surface area contributed by atoms with E-state index in [1.165, 1.54) is 6.20 Å². The number of nitrogen functional groups attached to an aromatic ring is 1. The lowest BCUT2D eigenvalue weighted by molar-refractivity contribution is 0.0694. The van der Waals surface area contributed by atoms with E-state index in [4.69, 9.17) is 10.5 Å². The summed E-state index contributed by atoms with van der Waals surface area (Å²) in [6, 6.07) is 8.60. The van der Waals surface area contributed by atoms with Gasteiger partial charge in [0.25, 0.3) is 0 Å². The van der Waals surface area contributed by atoms with E-state index < -0.39 is 17.2 Å². The van der Waals surface area contributed by atoms with Gasteiger partial charge in [-0.15, -0.1) is 0 Å². The number of ether oxygens (including phenoxy) is 1. The predicted molar refractivity (Wildman–Crippen MR) is 121 cm³/mol. The zero-order valence-corrected chi connectivity index (χ0v) is 17.5. The summed E-state index contributed by atoms with van der Waals surface area (Å²) >= 11 is 0. The second-order valence-corrected chi connectivity index (χ2v) is 8.24. The first kappa shape index (κ1) is 20.2. The number of hydrogen-bond donors (Lipinski definition) is 2. The van der Waals surface area contributed by atoms with Gasteiger partial charge in [-0.3, -0.25) is 4.79 Å². The number of benzene rings is 2. The standard InChI is InChI=1S/C23H23FN4O4/c1-13-12-32-22-19-16(21(29)17(23(30)31)11-28(13)19)10-18(24)20(22)27-8-6-26(7-9-27)15-4-2-14(25)3-5-15/h2-5,10-11,13H,6-9,12,25H2,1H3,(H,30,31)/t13-/m0/s1. The molecule has 1 aromatic heterocycles. The number of carbonyl (C=O) groups is 1. The number of carboxylic acids is 1. The molecule has 2 aliphatic rings. The Bertz CT molecular complexity index is 1280. The molecule has 0 spiro atoms. The van der Waals surface area contributed by atoms with Gasteiger partial charge in [0.2, 0.25) is 5.43 Å². The molecule has 1 saturated heterocycles. The number of carboxylic acid groups (broad SMARTS) is 1. The minimum Gasteiger partial charge on any atom is -0.487 e. The molecule has 0 saturated carbocycles. The van der Waals surface area contributed by atoms with Gasteiger partial charge in [0.05, 0.1) is 16.9 Å². The number of anilines is 3. The van der Waals surface area contributed by atoms with Crippen molar-refractivity contribution in [2.24, 2.45) is 0 Å². The van der Waals surface area contributed by atoms with Gasteiger partial charge in [0, 0.05) is 43.8 Å². The first-order valence-electron chi connectivity index (χ1n) is 10.5. The van der Waals surface area contributed by atoms with Gasteiger partial charge in [-0.2, -0.15) is 0 Å². The average molecular weight is 438 g/mol. The molecule has 8 nitrogen and oxygen atoms in total. The number of aromatic nitrogens is 1. The highest BCUT2D eigenvalue weighted by Gasteiger charge is 2.31. The molecule has 2 aliphatic heterocycles. The summed E-state index contributed by atoms with van der Waals surface area (Å²) < 4.78 is 23.0. The molecule has 0 bridgehead atoms. The summed E-state index contributed by atoms with van der Waals surface area (Å²) in [6.45, 7) is 4.62. The molecule has 166 valence electrons. The fourth-order valence-corrected chi connectivity index (χ4v) is 4.53. The monoisotopic (exact) mass is 438 g/mol. The topological polar surface area (TPSA) is 101 Å². The third kappa shape index (κ3) is 3.12. The summed E-state index contributed by atoms with van der Waals surface area (Å²) in [7, 11) is 0. The number of nitrogens with zero attached hydrogens (tertiary/aromatic N) is 3. The molecule has 5 rings (SSSR count). The first-order valence-corrected chi connectivity index (χ1v) is 10.5. The molecule has 0 radical (unpaired) electrons. The molecular weight excluding hydrogens is 415 g/mol. The molecule has 0 amide bonds. The molecule has 3 N–H and O–H groups in total. The van der Waals surface area contributed by atoms with Gasteiger partial charge in [-0.25, -0.2) is 9.18 Å². The Morgan fingerprint density at radius 3 is 2.47 bits per heavy atom. The normalized spacial score (nSPS) is 18.0. The van der Waals surface area contributed by atoms with Crippen LogP contribution in [0.2, 0.25) is 0 Å². The summed E-state index contributed by atoms with van der Waals surface area (Å²) in [4.78, 5) is 28.4. The van der Waals surface area contributed by atoms with Gasteiger partial charge in [0.1, 0.15) is 17.9 Å². The lowest BCUT2D eigenvalue weighted by atomic mass is 10.1. The van der Waals surface area contributed by atoms with E-state index in [1.807, 2.05) is 36.1 Å². The fourth-order valence-electron chi connectivity index (χ4n) is 4.53. The first-order chi connectivity index (χ1) is 15.3. The highest BCUT2D eigenvalue weighted by molar-refractivity contribution is 5.97. The number of piperazine rings is 1. The van der Waals surface area contributed by atoms with Gasteiger partial charge < -0.3 is 29.9 Å². The lowest BCUT2D eigenvalue weighted by Crippen LogP contribution is -2.47. The molecule has 1 fully saturated rings. The lowest BCUT2D eigenvalue weighted by Gasteiger charge is -2.39. The maximum atomic E-state index is 15.3. The minimum atomic E-state index is -1.33. The molecule has 2 aromatic carbocycles. The molecule has 3 aromatic rings. The van der Waals surface area contributed by atoms with Crippen LogP contribution in [0.4, 0.5) is 21.5 Å². The van der Waals surface area contributed by atoms with E-state index in [0.29, 0.717) is 48.8 Å². The number of aromatic carboxylic acids is 1. The summed E-state index contributed by atoms with van der Waals surface area (Å²) in [5.41, 5.74) is 7.21. The van der Waals surface area contributed by atoms with Crippen molar-refractivity contribution in [1.82, 2.24) is 4.57 Å². The van der Waals surface area contributed by atoms with Gasteiger partial charge >= 0.3 is 5.97 Å². The third-order valence-corrected chi connectivity index (χ3v) is 6.23. The van der Waals surface area contributed by atoms with Gasteiger partial charge in [0.15, 0.2) is 11.6 Å². The summed E-state index contributed by atoms with van der Waals surface area (Å²) in [5.74, 6) is -1.62. The Morgan fingerprint density at radius 1 is 1.16 bits per heavy atom.